The number of ether oxygens (including phenoxy) is 2. The predicted octanol–water partition coefficient (Wildman–Crippen LogP) is 1.12. The van der Waals surface area contributed by atoms with Crippen molar-refractivity contribution in [2.24, 2.45) is 0 Å². The third-order valence-electron chi connectivity index (χ3n) is 0.986. The Kier molecular flexibility index (Phi) is 4.60. The van der Waals surface area contributed by atoms with Crippen LogP contribution in [0.25, 0.3) is 0 Å². The molecule has 1 N–H and O–H groups in total. The van der Waals surface area contributed by atoms with Gasteiger partial charge in [0, 0.05) is 13.5 Å². The van der Waals surface area contributed by atoms with E-state index >= 15 is 0 Å². The first-order chi connectivity index (χ1) is 4.62. The lowest BCUT2D eigenvalue weighted by Crippen LogP contribution is -2.32. The first-order valence-electron chi connectivity index (χ1n) is 3.62. The summed E-state index contributed by atoms with van der Waals surface area (Å²) < 4.78 is 9.82. The lowest BCUT2D eigenvalue weighted by atomic mass is 10.5. The third kappa shape index (κ3) is 4.73. The van der Waals surface area contributed by atoms with Crippen LogP contribution in [0.5, 0.6) is 0 Å². The van der Waals surface area contributed by atoms with Gasteiger partial charge in [-0.05, 0) is 13.3 Å². The third-order valence-corrected chi connectivity index (χ3v) is 0.986. The Hall–Kier alpha value is -0.120. The Bertz CT molecular complexity index is 80.9. The maximum atomic E-state index is 9.20. The molecule has 10 heavy (non-hydrogen) atoms. The first-order valence-corrected chi connectivity index (χ1v) is 3.62. The summed E-state index contributed by atoms with van der Waals surface area (Å²) in [7, 11) is 0. The Morgan fingerprint density at radius 3 is 2.30 bits per heavy atom. The fourth-order valence-electron chi connectivity index (χ4n) is 0.601. The van der Waals surface area contributed by atoms with Gasteiger partial charge < -0.3 is 14.6 Å². The van der Waals surface area contributed by atoms with E-state index in [0.717, 1.165) is 6.42 Å². The molecule has 0 aromatic heterocycles. The summed E-state index contributed by atoms with van der Waals surface area (Å²) in [6.45, 7) is 6.25. The van der Waals surface area contributed by atoms with Crippen molar-refractivity contribution in [1.82, 2.24) is 0 Å². The van der Waals surface area contributed by atoms with Crippen LogP contribution < -0.4 is 0 Å². The molecule has 62 valence electrons. The smallest absolute Gasteiger partial charge is 0.277 e. The zero-order valence-electron chi connectivity index (χ0n) is 6.89. The van der Waals surface area contributed by atoms with Gasteiger partial charge in [-0.2, -0.15) is 0 Å². The second kappa shape index (κ2) is 4.66. The van der Waals surface area contributed by atoms with Gasteiger partial charge in [0.2, 0.25) is 0 Å². The van der Waals surface area contributed by atoms with Crippen molar-refractivity contribution in [2.75, 3.05) is 13.2 Å². The Labute approximate surface area is 62.0 Å². The fourth-order valence-corrected chi connectivity index (χ4v) is 0.601. The number of aliphatic hydroxyl groups is 1. The van der Waals surface area contributed by atoms with Crippen molar-refractivity contribution in [3.63, 3.8) is 0 Å². The number of hydrogen-bond donors (Lipinski definition) is 1. The molecular formula is C7H16O3. The molecule has 0 rings (SSSR count). The van der Waals surface area contributed by atoms with Crippen LogP contribution in [0.3, 0.4) is 0 Å². The normalized spacial score (nSPS) is 16.8. The van der Waals surface area contributed by atoms with E-state index in [-0.39, 0.29) is 0 Å². The van der Waals surface area contributed by atoms with E-state index in [0.29, 0.717) is 13.2 Å². The van der Waals surface area contributed by atoms with E-state index in [1.165, 1.54) is 6.92 Å². The predicted molar refractivity (Wildman–Crippen MR) is 38.5 cm³/mol. The van der Waals surface area contributed by atoms with Crippen LogP contribution in [0.15, 0.2) is 0 Å². The van der Waals surface area contributed by atoms with Crippen LogP contribution in [-0.2, 0) is 9.47 Å². The van der Waals surface area contributed by atoms with Gasteiger partial charge in [-0.3, -0.25) is 0 Å². The summed E-state index contributed by atoms with van der Waals surface area (Å²) in [6, 6.07) is 0. The molecule has 0 bridgehead atoms. The molecule has 0 amide bonds. The van der Waals surface area contributed by atoms with E-state index in [4.69, 9.17) is 9.47 Å². The highest BCUT2D eigenvalue weighted by molar-refractivity contribution is 4.40. The van der Waals surface area contributed by atoms with E-state index in [1.54, 1.807) is 0 Å². The van der Waals surface area contributed by atoms with Crippen LogP contribution in [0.4, 0.5) is 0 Å². The largest absolute Gasteiger partial charge is 0.344 e. The maximum absolute atomic E-state index is 9.20. The Morgan fingerprint density at radius 1 is 1.30 bits per heavy atom. The van der Waals surface area contributed by atoms with Gasteiger partial charge in [0.1, 0.15) is 0 Å². The lowest BCUT2D eigenvalue weighted by molar-refractivity contribution is -0.347. The molecule has 0 aromatic rings. The molecule has 0 aliphatic rings. The maximum Gasteiger partial charge on any atom is 0.277 e. The molecular weight excluding hydrogens is 132 g/mol. The molecule has 3 heteroatoms. The van der Waals surface area contributed by atoms with Crippen LogP contribution in [0.1, 0.15) is 27.2 Å². The molecule has 0 aliphatic heterocycles. The van der Waals surface area contributed by atoms with E-state index in [2.05, 4.69) is 0 Å². The minimum absolute atomic E-state index is 0.455. The Balaban J connectivity index is 3.42. The first kappa shape index (κ1) is 9.88. The van der Waals surface area contributed by atoms with Crippen molar-refractivity contribution in [2.45, 2.75) is 33.2 Å². The highest BCUT2D eigenvalue weighted by atomic mass is 16.8. The van der Waals surface area contributed by atoms with Gasteiger partial charge in [-0.1, -0.05) is 6.92 Å². The molecule has 3 nitrogen and oxygen atoms in total. The topological polar surface area (TPSA) is 38.7 Å². The molecule has 0 saturated heterocycles. The lowest BCUT2D eigenvalue weighted by Gasteiger charge is -2.22. The summed E-state index contributed by atoms with van der Waals surface area (Å²) in [5.74, 6) is -1.40. The van der Waals surface area contributed by atoms with Crippen LogP contribution >= 0.6 is 0 Å². The van der Waals surface area contributed by atoms with Gasteiger partial charge in [-0.15, -0.1) is 0 Å². The standard InChI is InChI=1S/C7H16O3/c1-4-6-10-7(3,8)9-5-2/h8H,4-6H2,1-3H3. The van der Waals surface area contributed by atoms with Crippen molar-refractivity contribution < 1.29 is 14.6 Å². The minimum atomic E-state index is -1.40. The van der Waals surface area contributed by atoms with Gasteiger partial charge in [0.15, 0.2) is 0 Å². The highest BCUT2D eigenvalue weighted by Gasteiger charge is 2.19. The number of hydrogen-bond acceptors (Lipinski definition) is 3. The minimum Gasteiger partial charge on any atom is -0.344 e. The number of rotatable bonds is 5. The molecule has 0 radical (unpaired) electrons. The van der Waals surface area contributed by atoms with Crippen LogP contribution in [-0.4, -0.2) is 24.3 Å². The monoisotopic (exact) mass is 148 g/mol. The summed E-state index contributed by atoms with van der Waals surface area (Å²) in [4.78, 5) is 0. The van der Waals surface area contributed by atoms with Crippen LogP contribution in [0.2, 0.25) is 0 Å². The summed E-state index contributed by atoms with van der Waals surface area (Å²) in [6.07, 6.45) is 0.878. The molecule has 0 saturated carbocycles. The molecule has 1 atom stereocenters. The van der Waals surface area contributed by atoms with Crippen molar-refractivity contribution in [3.8, 4) is 0 Å². The molecule has 0 fully saturated rings. The van der Waals surface area contributed by atoms with Gasteiger partial charge in [0.05, 0.1) is 6.61 Å². The van der Waals surface area contributed by atoms with Crippen molar-refractivity contribution in [1.29, 1.82) is 0 Å². The second-order valence-electron chi connectivity index (χ2n) is 2.18. The van der Waals surface area contributed by atoms with Crippen LogP contribution in [0, 0.1) is 0 Å². The van der Waals surface area contributed by atoms with E-state index in [1.807, 2.05) is 13.8 Å². The average Bonchev–Trinajstić information content (AvgIpc) is 1.84. The van der Waals surface area contributed by atoms with Gasteiger partial charge >= 0.3 is 0 Å². The summed E-state index contributed by atoms with van der Waals surface area (Å²) >= 11 is 0. The van der Waals surface area contributed by atoms with Gasteiger partial charge in [-0.25, -0.2) is 0 Å². The average molecular weight is 148 g/mol. The quantitative estimate of drug-likeness (QED) is 0.594. The van der Waals surface area contributed by atoms with Gasteiger partial charge in [0.25, 0.3) is 5.97 Å². The molecule has 0 spiro atoms. The van der Waals surface area contributed by atoms with Crippen molar-refractivity contribution in [3.05, 3.63) is 0 Å². The Morgan fingerprint density at radius 2 is 1.90 bits per heavy atom. The SMILES string of the molecule is CCCOC(C)(O)OCC. The van der Waals surface area contributed by atoms with E-state index < -0.39 is 5.97 Å². The van der Waals surface area contributed by atoms with E-state index in [9.17, 15) is 5.11 Å². The second-order valence-corrected chi connectivity index (χ2v) is 2.18. The van der Waals surface area contributed by atoms with Crippen molar-refractivity contribution >= 4 is 0 Å². The zero-order chi connectivity index (χ0) is 8.04. The molecule has 0 aliphatic carbocycles. The molecule has 0 heterocycles. The fraction of sp³-hybridized carbons (Fsp3) is 1.00. The molecule has 1 unspecified atom stereocenters. The zero-order valence-corrected chi connectivity index (χ0v) is 6.89. The molecule has 0 aromatic carbocycles. The highest BCUT2D eigenvalue weighted by Crippen LogP contribution is 2.07. The summed E-state index contributed by atoms with van der Waals surface area (Å²) in [5.41, 5.74) is 0. The summed E-state index contributed by atoms with van der Waals surface area (Å²) in [5, 5.41) is 9.20.